The van der Waals surface area contributed by atoms with Crippen LogP contribution in [-0.2, 0) is 6.42 Å². The highest BCUT2D eigenvalue weighted by Gasteiger charge is 1.96. The highest BCUT2D eigenvalue weighted by Crippen LogP contribution is 1.90. The fourth-order valence-electron chi connectivity index (χ4n) is 0.823. The first-order chi connectivity index (χ1) is 5.83. The van der Waals surface area contributed by atoms with Crippen molar-refractivity contribution in [1.29, 1.82) is 0 Å². The first-order valence-electron chi connectivity index (χ1n) is 3.77. The van der Waals surface area contributed by atoms with Crippen molar-refractivity contribution in [2.75, 3.05) is 13.6 Å². The van der Waals surface area contributed by atoms with Gasteiger partial charge in [0.2, 0.25) is 0 Å². The SMILES string of the molecule is CNC(=O)NCCc1ccn[nH]1. The zero-order valence-corrected chi connectivity index (χ0v) is 6.92. The van der Waals surface area contributed by atoms with Gasteiger partial charge in [-0.05, 0) is 6.07 Å². The molecule has 0 bridgehead atoms. The van der Waals surface area contributed by atoms with Crippen LogP contribution >= 0.6 is 0 Å². The third-order valence-corrected chi connectivity index (χ3v) is 1.47. The van der Waals surface area contributed by atoms with Gasteiger partial charge >= 0.3 is 6.03 Å². The zero-order valence-electron chi connectivity index (χ0n) is 6.92. The smallest absolute Gasteiger partial charge is 0.314 e. The number of hydrogen-bond acceptors (Lipinski definition) is 2. The number of carbonyl (C=O) groups is 1. The number of urea groups is 1. The molecular weight excluding hydrogens is 156 g/mol. The van der Waals surface area contributed by atoms with Gasteiger partial charge in [-0.25, -0.2) is 4.79 Å². The van der Waals surface area contributed by atoms with E-state index in [2.05, 4.69) is 20.8 Å². The molecule has 1 aromatic rings. The molecule has 0 atom stereocenters. The maximum absolute atomic E-state index is 10.7. The van der Waals surface area contributed by atoms with Crippen LogP contribution in [0.1, 0.15) is 5.69 Å². The summed E-state index contributed by atoms with van der Waals surface area (Å²) in [7, 11) is 1.59. The van der Waals surface area contributed by atoms with Gasteiger partial charge in [0.25, 0.3) is 0 Å². The van der Waals surface area contributed by atoms with E-state index in [1.807, 2.05) is 6.07 Å². The Morgan fingerprint density at radius 3 is 3.17 bits per heavy atom. The molecule has 5 heteroatoms. The van der Waals surface area contributed by atoms with E-state index in [0.717, 1.165) is 12.1 Å². The number of amides is 2. The van der Waals surface area contributed by atoms with Crippen molar-refractivity contribution in [1.82, 2.24) is 20.8 Å². The van der Waals surface area contributed by atoms with Gasteiger partial charge in [0.05, 0.1) is 0 Å². The molecule has 0 aliphatic heterocycles. The number of nitrogens with zero attached hydrogens (tertiary/aromatic N) is 1. The van der Waals surface area contributed by atoms with Crippen LogP contribution in [0.4, 0.5) is 4.79 Å². The molecule has 3 N–H and O–H groups in total. The summed E-state index contributed by atoms with van der Waals surface area (Å²) >= 11 is 0. The second-order valence-corrected chi connectivity index (χ2v) is 2.34. The number of aromatic amines is 1. The summed E-state index contributed by atoms with van der Waals surface area (Å²) in [6.07, 6.45) is 2.46. The Morgan fingerprint density at radius 2 is 2.58 bits per heavy atom. The average Bonchev–Trinajstić information content (AvgIpc) is 2.57. The molecule has 0 radical (unpaired) electrons. The molecule has 1 aromatic heterocycles. The van der Waals surface area contributed by atoms with Crippen LogP contribution in [0, 0.1) is 0 Å². The van der Waals surface area contributed by atoms with Crippen LogP contribution in [-0.4, -0.2) is 29.8 Å². The summed E-state index contributed by atoms with van der Waals surface area (Å²) < 4.78 is 0. The lowest BCUT2D eigenvalue weighted by molar-refractivity contribution is 0.243. The minimum Gasteiger partial charge on any atom is -0.341 e. The molecule has 0 fully saturated rings. The van der Waals surface area contributed by atoms with E-state index in [4.69, 9.17) is 0 Å². The zero-order chi connectivity index (χ0) is 8.81. The molecular formula is C7H12N4O. The fraction of sp³-hybridized carbons (Fsp3) is 0.429. The molecule has 2 amide bonds. The van der Waals surface area contributed by atoms with Crippen molar-refractivity contribution in [2.45, 2.75) is 6.42 Å². The maximum atomic E-state index is 10.7. The molecule has 1 heterocycles. The lowest BCUT2D eigenvalue weighted by Gasteiger charge is -2.01. The molecule has 0 saturated heterocycles. The van der Waals surface area contributed by atoms with E-state index in [1.165, 1.54) is 0 Å². The van der Waals surface area contributed by atoms with Crippen LogP contribution in [0.3, 0.4) is 0 Å². The predicted molar refractivity (Wildman–Crippen MR) is 44.8 cm³/mol. The normalized spacial score (nSPS) is 9.42. The quantitative estimate of drug-likeness (QED) is 0.589. The lowest BCUT2D eigenvalue weighted by Crippen LogP contribution is -2.34. The molecule has 0 aliphatic carbocycles. The Balaban J connectivity index is 2.15. The third-order valence-electron chi connectivity index (χ3n) is 1.47. The Bertz CT molecular complexity index is 232. The topological polar surface area (TPSA) is 69.8 Å². The third kappa shape index (κ3) is 2.61. The van der Waals surface area contributed by atoms with Crippen molar-refractivity contribution in [2.24, 2.45) is 0 Å². The molecule has 0 saturated carbocycles. The average molecular weight is 168 g/mol. The number of H-pyrrole nitrogens is 1. The summed E-state index contributed by atoms with van der Waals surface area (Å²) in [5.41, 5.74) is 1.02. The standard InChI is InChI=1S/C7H12N4O/c1-8-7(12)9-4-2-6-3-5-10-11-6/h3,5H,2,4H2,1H3,(H,10,11)(H2,8,9,12). The summed E-state index contributed by atoms with van der Waals surface area (Å²) in [6, 6.07) is 1.72. The molecule has 0 aliphatic rings. The van der Waals surface area contributed by atoms with Gasteiger partial charge in [-0.2, -0.15) is 5.10 Å². The van der Waals surface area contributed by atoms with Crippen molar-refractivity contribution in [3.8, 4) is 0 Å². The van der Waals surface area contributed by atoms with Gasteiger partial charge in [-0.15, -0.1) is 0 Å². The Hall–Kier alpha value is -1.52. The molecule has 5 nitrogen and oxygen atoms in total. The maximum Gasteiger partial charge on any atom is 0.314 e. The van der Waals surface area contributed by atoms with Crippen molar-refractivity contribution in [3.63, 3.8) is 0 Å². The van der Waals surface area contributed by atoms with E-state index >= 15 is 0 Å². The Labute approximate surface area is 70.5 Å². The molecule has 0 spiro atoms. The minimum atomic E-state index is -0.158. The van der Waals surface area contributed by atoms with Gasteiger partial charge < -0.3 is 10.6 Å². The Kier molecular flexibility index (Phi) is 3.13. The fourth-order valence-corrected chi connectivity index (χ4v) is 0.823. The van der Waals surface area contributed by atoms with Gasteiger partial charge in [-0.1, -0.05) is 0 Å². The summed E-state index contributed by atoms with van der Waals surface area (Å²) in [4.78, 5) is 10.7. The van der Waals surface area contributed by atoms with Crippen LogP contribution in [0.15, 0.2) is 12.3 Å². The van der Waals surface area contributed by atoms with Crippen molar-refractivity contribution >= 4 is 6.03 Å². The summed E-state index contributed by atoms with van der Waals surface area (Å²) in [6.45, 7) is 0.613. The number of aromatic nitrogens is 2. The molecule has 66 valence electrons. The van der Waals surface area contributed by atoms with E-state index in [1.54, 1.807) is 13.2 Å². The number of nitrogens with one attached hydrogen (secondary N) is 3. The molecule has 1 rings (SSSR count). The first kappa shape index (κ1) is 8.58. The van der Waals surface area contributed by atoms with E-state index < -0.39 is 0 Å². The lowest BCUT2D eigenvalue weighted by atomic mass is 10.3. The molecule has 0 aromatic carbocycles. The van der Waals surface area contributed by atoms with E-state index in [9.17, 15) is 4.79 Å². The van der Waals surface area contributed by atoms with Gasteiger partial charge in [0, 0.05) is 31.9 Å². The Morgan fingerprint density at radius 1 is 1.75 bits per heavy atom. The predicted octanol–water partition coefficient (Wildman–Crippen LogP) is -0.119. The van der Waals surface area contributed by atoms with E-state index in [-0.39, 0.29) is 6.03 Å². The molecule has 12 heavy (non-hydrogen) atoms. The number of hydrogen-bond donors (Lipinski definition) is 3. The first-order valence-corrected chi connectivity index (χ1v) is 3.77. The highest BCUT2D eigenvalue weighted by molar-refractivity contribution is 5.73. The van der Waals surface area contributed by atoms with Crippen molar-refractivity contribution < 1.29 is 4.79 Å². The minimum absolute atomic E-state index is 0.158. The highest BCUT2D eigenvalue weighted by atomic mass is 16.2. The van der Waals surface area contributed by atoms with E-state index in [0.29, 0.717) is 6.54 Å². The monoisotopic (exact) mass is 168 g/mol. The second kappa shape index (κ2) is 4.38. The van der Waals surface area contributed by atoms with Gasteiger partial charge in [-0.3, -0.25) is 5.10 Å². The van der Waals surface area contributed by atoms with Crippen LogP contribution in [0.2, 0.25) is 0 Å². The van der Waals surface area contributed by atoms with Crippen LogP contribution < -0.4 is 10.6 Å². The van der Waals surface area contributed by atoms with Crippen LogP contribution in [0.5, 0.6) is 0 Å². The number of rotatable bonds is 3. The second-order valence-electron chi connectivity index (χ2n) is 2.34. The van der Waals surface area contributed by atoms with Gasteiger partial charge in [0.15, 0.2) is 0 Å². The number of carbonyl (C=O) groups excluding carboxylic acids is 1. The van der Waals surface area contributed by atoms with Crippen LogP contribution in [0.25, 0.3) is 0 Å². The van der Waals surface area contributed by atoms with Gasteiger partial charge in [0.1, 0.15) is 0 Å². The van der Waals surface area contributed by atoms with Crippen molar-refractivity contribution in [3.05, 3.63) is 18.0 Å². The summed E-state index contributed by atoms with van der Waals surface area (Å²) in [5, 5.41) is 11.7. The summed E-state index contributed by atoms with van der Waals surface area (Å²) in [5.74, 6) is 0. The largest absolute Gasteiger partial charge is 0.341 e. The molecule has 0 unspecified atom stereocenters.